The van der Waals surface area contributed by atoms with E-state index in [-0.39, 0.29) is 10.3 Å². The summed E-state index contributed by atoms with van der Waals surface area (Å²) in [5, 5.41) is 19.5. The van der Waals surface area contributed by atoms with Gasteiger partial charge < -0.3 is 13.8 Å². The number of para-hydroxylation sites is 6. The average molecular weight is 1080 g/mol. The van der Waals surface area contributed by atoms with Gasteiger partial charge in [-0.25, -0.2) is 19.9 Å². The first-order chi connectivity index (χ1) is 38.9. The Morgan fingerprint density at radius 2 is 0.734 bits per heavy atom. The molecule has 0 aliphatic heterocycles. The molecule has 79 heavy (non-hydrogen) atoms. The van der Waals surface area contributed by atoms with Gasteiger partial charge in [-0.05, 0) is 80.8 Å². The number of fused-ring (bicyclic) bond motifs is 26. The molecule has 372 valence electrons. The van der Waals surface area contributed by atoms with Gasteiger partial charge in [0.15, 0.2) is 32.4 Å². The zero-order valence-electron chi connectivity index (χ0n) is 41.5. The maximum atomic E-state index is 6.90. The lowest BCUT2D eigenvalue weighted by molar-refractivity contribution is 0.675. The highest BCUT2D eigenvalue weighted by atomic mass is 35.5. The number of halogens is 3. The lowest BCUT2D eigenvalue weighted by Gasteiger charge is -2.10. The molecule has 0 aliphatic rings. The van der Waals surface area contributed by atoms with E-state index in [9.17, 15) is 0 Å². The van der Waals surface area contributed by atoms with E-state index in [1.54, 1.807) is 0 Å². The number of benzene rings is 12. The number of H-pyrrole nitrogens is 1. The van der Waals surface area contributed by atoms with E-state index >= 15 is 0 Å². The molecule has 0 atom stereocenters. The Morgan fingerprint density at radius 1 is 0.316 bits per heavy atom. The molecule has 6 heterocycles. The second kappa shape index (κ2) is 17.7. The Bertz CT molecular complexity index is 5540. The van der Waals surface area contributed by atoms with Gasteiger partial charge in [-0.2, -0.15) is 0 Å². The van der Waals surface area contributed by atoms with E-state index in [0.29, 0.717) is 11.0 Å². The summed E-state index contributed by atoms with van der Waals surface area (Å²) in [4.78, 5) is 21.5. The SMILES string of the molecule is Clc1nc2ccccc2nc1-n1c2ccccc2c2c3ccccc3c3c4ccc5ccccc5c4oc3c21.Clc1nc2ccccc2nc1Cl.c1ccc2c(c1)ccc1c2oc2c3[nH]c4ccccc4c3c3ccccc3c12. The molecule has 0 aliphatic carbocycles. The number of nitrogens with one attached hydrogen (secondary N) is 1. The molecule has 18 aromatic rings. The third-order valence-corrected chi connectivity index (χ3v) is 16.2. The van der Waals surface area contributed by atoms with Crippen molar-refractivity contribution in [1.29, 1.82) is 0 Å². The van der Waals surface area contributed by atoms with Crippen molar-refractivity contribution in [3.63, 3.8) is 0 Å². The van der Waals surface area contributed by atoms with Crippen LogP contribution in [0.1, 0.15) is 0 Å². The first kappa shape index (κ1) is 45.6. The summed E-state index contributed by atoms with van der Waals surface area (Å²) in [5.74, 6) is 0.587. The predicted octanol–water partition coefficient (Wildman–Crippen LogP) is 20.0. The third-order valence-electron chi connectivity index (χ3n) is 15.3. The molecular weight excluding hydrogens is 1040 g/mol. The molecule has 1 N–H and O–H groups in total. The maximum Gasteiger partial charge on any atom is 0.176 e. The second-order valence-electron chi connectivity index (χ2n) is 19.6. The zero-order valence-corrected chi connectivity index (χ0v) is 43.7. The van der Waals surface area contributed by atoms with Gasteiger partial charge in [-0.1, -0.05) is 205 Å². The molecular formula is C68H37Cl3N6O2. The quantitative estimate of drug-likeness (QED) is 0.176. The van der Waals surface area contributed by atoms with Crippen LogP contribution in [-0.2, 0) is 0 Å². The highest BCUT2D eigenvalue weighted by Crippen LogP contribution is 2.48. The lowest BCUT2D eigenvalue weighted by Crippen LogP contribution is -2.01. The van der Waals surface area contributed by atoms with Crippen LogP contribution >= 0.6 is 34.8 Å². The number of rotatable bonds is 1. The van der Waals surface area contributed by atoms with Crippen molar-refractivity contribution < 1.29 is 8.83 Å². The summed E-state index contributed by atoms with van der Waals surface area (Å²) in [6, 6.07) is 74.9. The van der Waals surface area contributed by atoms with Crippen molar-refractivity contribution in [3.8, 4) is 5.82 Å². The van der Waals surface area contributed by atoms with E-state index in [4.69, 9.17) is 53.6 Å². The normalized spacial score (nSPS) is 12.0. The number of furan rings is 2. The zero-order chi connectivity index (χ0) is 52.5. The van der Waals surface area contributed by atoms with Crippen molar-refractivity contribution >= 4 is 187 Å². The number of aromatic nitrogens is 6. The van der Waals surface area contributed by atoms with Crippen LogP contribution in [0.2, 0.25) is 15.5 Å². The second-order valence-corrected chi connectivity index (χ2v) is 20.7. The third kappa shape index (κ3) is 6.95. The predicted molar refractivity (Wildman–Crippen MR) is 329 cm³/mol. The van der Waals surface area contributed by atoms with Gasteiger partial charge in [0.1, 0.15) is 11.2 Å². The summed E-state index contributed by atoms with van der Waals surface area (Å²) in [5.41, 5.74) is 10.8. The van der Waals surface area contributed by atoms with E-state index in [2.05, 4.69) is 183 Å². The van der Waals surface area contributed by atoms with Crippen molar-refractivity contribution in [3.05, 3.63) is 234 Å². The monoisotopic (exact) mass is 1070 g/mol. The molecule has 6 aromatic heterocycles. The number of nitrogens with zero attached hydrogens (tertiary/aromatic N) is 5. The van der Waals surface area contributed by atoms with Crippen LogP contribution in [0, 0.1) is 0 Å². The minimum atomic E-state index is 0.246. The topological polar surface area (TPSA) is 98.6 Å². The van der Waals surface area contributed by atoms with Crippen LogP contribution in [0.3, 0.4) is 0 Å². The van der Waals surface area contributed by atoms with Crippen molar-refractivity contribution in [2.24, 2.45) is 0 Å². The Kier molecular flexibility index (Phi) is 10.2. The maximum absolute atomic E-state index is 6.90. The number of hydrogen-bond donors (Lipinski definition) is 1. The lowest BCUT2D eigenvalue weighted by atomic mass is 9.98. The van der Waals surface area contributed by atoms with E-state index < -0.39 is 0 Å². The molecule has 0 radical (unpaired) electrons. The van der Waals surface area contributed by atoms with Gasteiger partial charge >= 0.3 is 0 Å². The molecule has 0 fully saturated rings. The largest absolute Gasteiger partial charge is 0.453 e. The Morgan fingerprint density at radius 3 is 1.32 bits per heavy atom. The summed E-state index contributed by atoms with van der Waals surface area (Å²) < 4.78 is 15.6. The minimum absolute atomic E-state index is 0.246. The first-order valence-corrected chi connectivity index (χ1v) is 26.9. The van der Waals surface area contributed by atoms with E-state index in [1.807, 2.05) is 54.6 Å². The molecule has 0 bridgehead atoms. The Balaban J connectivity index is 0.000000113. The van der Waals surface area contributed by atoms with Gasteiger partial charge in [-0.3, -0.25) is 4.57 Å². The molecule has 0 saturated heterocycles. The van der Waals surface area contributed by atoms with Gasteiger partial charge in [0.2, 0.25) is 0 Å². The molecule has 0 amide bonds. The summed E-state index contributed by atoms with van der Waals surface area (Å²) in [6.45, 7) is 0. The molecule has 18 rings (SSSR count). The molecule has 0 spiro atoms. The van der Waals surface area contributed by atoms with Crippen molar-refractivity contribution in [1.82, 2.24) is 29.5 Å². The summed E-state index contributed by atoms with van der Waals surface area (Å²) in [6.07, 6.45) is 0. The van der Waals surface area contributed by atoms with Crippen LogP contribution in [0.25, 0.3) is 158 Å². The Labute approximate surface area is 462 Å². The molecule has 0 unspecified atom stereocenters. The summed E-state index contributed by atoms with van der Waals surface area (Å²) in [7, 11) is 0. The van der Waals surface area contributed by atoms with Gasteiger partial charge in [0, 0.05) is 59.4 Å². The fraction of sp³-hybridized carbons (Fsp3) is 0. The van der Waals surface area contributed by atoms with Crippen LogP contribution in [-0.4, -0.2) is 29.5 Å². The highest BCUT2D eigenvalue weighted by Gasteiger charge is 2.26. The molecule has 11 heteroatoms. The van der Waals surface area contributed by atoms with E-state index in [0.717, 1.165) is 115 Å². The Hall–Kier alpha value is -9.57. The first-order valence-electron chi connectivity index (χ1n) is 25.8. The molecule has 12 aromatic carbocycles. The highest BCUT2D eigenvalue weighted by molar-refractivity contribution is 6.41. The summed E-state index contributed by atoms with van der Waals surface area (Å²) >= 11 is 18.3. The average Bonchev–Trinajstić information content (AvgIpc) is 4.30. The van der Waals surface area contributed by atoms with Crippen LogP contribution < -0.4 is 0 Å². The van der Waals surface area contributed by atoms with Crippen molar-refractivity contribution in [2.75, 3.05) is 0 Å². The van der Waals surface area contributed by atoms with Crippen LogP contribution in [0.15, 0.2) is 227 Å². The van der Waals surface area contributed by atoms with Gasteiger partial charge in [0.25, 0.3) is 0 Å². The molecule has 8 nitrogen and oxygen atoms in total. The smallest absolute Gasteiger partial charge is 0.176 e. The minimum Gasteiger partial charge on any atom is -0.453 e. The van der Waals surface area contributed by atoms with Crippen molar-refractivity contribution in [2.45, 2.75) is 0 Å². The fourth-order valence-electron chi connectivity index (χ4n) is 12.0. The fourth-order valence-corrected chi connectivity index (χ4v) is 12.5. The van der Waals surface area contributed by atoms with Crippen LogP contribution in [0.4, 0.5) is 0 Å². The van der Waals surface area contributed by atoms with Gasteiger partial charge in [0.05, 0.1) is 38.6 Å². The van der Waals surface area contributed by atoms with Gasteiger partial charge in [-0.15, -0.1) is 0 Å². The number of aromatic amines is 1. The van der Waals surface area contributed by atoms with Crippen LogP contribution in [0.5, 0.6) is 0 Å². The number of hydrogen-bond acceptors (Lipinski definition) is 6. The molecule has 0 saturated carbocycles. The van der Waals surface area contributed by atoms with E-state index in [1.165, 1.54) is 37.7 Å². The standard InChI is InChI=1S/C34H18ClN3O.C26H15NO.C8H4Cl2N2/c35-33-34(37-26-15-7-6-14-25(26)36-33)38-27-16-8-5-13-23(27)28-21-11-3-4-12-22(21)29-24-18-17-19-9-1-2-10-20(19)31(24)39-32(29)30(28)38;1-2-8-16-15(7-1)13-14-20-23-18-10-4-3-9-17(18)22-19-11-5-6-12-21(19)27-24(22)26(23)28-25(16)20;9-7-8(10)12-6-4-2-1-3-5(6)11-7/h1-18H;1-14,27H;1-4H.